The summed E-state index contributed by atoms with van der Waals surface area (Å²) in [7, 11) is 0. The normalized spacial score (nSPS) is 30.7. The third kappa shape index (κ3) is 3.82. The van der Waals surface area contributed by atoms with E-state index < -0.39 is 0 Å². The number of hydrogen-bond donors (Lipinski definition) is 0. The van der Waals surface area contributed by atoms with Crippen molar-refractivity contribution in [1.29, 1.82) is 0 Å². The molecule has 2 heterocycles. The van der Waals surface area contributed by atoms with Crippen molar-refractivity contribution in [2.75, 3.05) is 19.6 Å². The molecule has 1 aliphatic carbocycles. The molecule has 3 fully saturated rings. The van der Waals surface area contributed by atoms with Crippen LogP contribution >= 0.6 is 0 Å². The molecule has 0 aromatic rings. The van der Waals surface area contributed by atoms with Crippen LogP contribution < -0.4 is 0 Å². The molecule has 0 radical (unpaired) electrons. The number of carbonyl (C=O) groups is 3. The Hall–Kier alpha value is -1.59. The lowest BCUT2D eigenvalue weighted by Crippen LogP contribution is -2.67. The lowest BCUT2D eigenvalue weighted by Gasteiger charge is -2.53. The maximum atomic E-state index is 13.0. The van der Waals surface area contributed by atoms with Crippen LogP contribution in [0.4, 0.5) is 0 Å². The smallest absolute Gasteiger partial charge is 0.242 e. The van der Waals surface area contributed by atoms with Crippen LogP contribution in [0.15, 0.2) is 0 Å². The number of likely N-dealkylation sites (tertiary alicyclic amines) is 1. The number of fused-ring (bicyclic) bond motifs is 1. The van der Waals surface area contributed by atoms with Gasteiger partial charge in [0.15, 0.2) is 0 Å². The second-order valence-corrected chi connectivity index (χ2v) is 7.87. The molecule has 2 unspecified atom stereocenters. The van der Waals surface area contributed by atoms with Gasteiger partial charge in [-0.25, -0.2) is 0 Å². The molecule has 3 atom stereocenters. The average molecular weight is 349 g/mol. The van der Waals surface area contributed by atoms with Gasteiger partial charge in [0.25, 0.3) is 0 Å². The molecule has 3 amide bonds. The highest BCUT2D eigenvalue weighted by molar-refractivity contribution is 5.85. The topological polar surface area (TPSA) is 60.9 Å². The van der Waals surface area contributed by atoms with Crippen LogP contribution in [0.2, 0.25) is 0 Å². The Morgan fingerprint density at radius 2 is 1.76 bits per heavy atom. The first kappa shape index (κ1) is 18.2. The molecule has 0 N–H and O–H groups in total. The maximum absolute atomic E-state index is 13.0. The summed E-state index contributed by atoms with van der Waals surface area (Å²) in [5.74, 6) is 0.280. The minimum Gasteiger partial charge on any atom is -0.334 e. The van der Waals surface area contributed by atoms with Crippen molar-refractivity contribution < 1.29 is 14.4 Å². The summed E-state index contributed by atoms with van der Waals surface area (Å²) in [6, 6.07) is 0.294. The molecular weight excluding hydrogens is 318 g/mol. The lowest BCUT2D eigenvalue weighted by molar-refractivity contribution is -0.154. The first-order chi connectivity index (χ1) is 12.0. The molecule has 6 heteroatoms. The molecule has 25 heavy (non-hydrogen) atoms. The second kappa shape index (κ2) is 7.75. The first-order valence-corrected chi connectivity index (χ1v) is 9.85. The molecule has 3 rings (SSSR count). The molecular formula is C19H31N3O3. The Labute approximate surface area is 150 Å². The SMILES string of the molecule is CC(=O)N1C2CCCCC2N(C(=O)CN2CCCCCC2=O)C[C@@H]1C. The Morgan fingerprint density at radius 1 is 1.04 bits per heavy atom. The van der Waals surface area contributed by atoms with Crippen molar-refractivity contribution in [2.45, 2.75) is 83.3 Å². The fourth-order valence-electron chi connectivity index (χ4n) is 4.91. The van der Waals surface area contributed by atoms with E-state index in [0.29, 0.717) is 19.5 Å². The van der Waals surface area contributed by atoms with Crippen LogP contribution in [0.1, 0.15) is 65.2 Å². The number of amides is 3. The predicted octanol–water partition coefficient (Wildman–Crippen LogP) is 1.78. The molecule has 3 aliphatic rings. The van der Waals surface area contributed by atoms with Gasteiger partial charge in [0.05, 0.1) is 18.6 Å². The van der Waals surface area contributed by atoms with Crippen LogP contribution in [-0.4, -0.2) is 70.2 Å². The third-order valence-corrected chi connectivity index (χ3v) is 6.07. The van der Waals surface area contributed by atoms with Gasteiger partial charge in [-0.2, -0.15) is 0 Å². The Morgan fingerprint density at radius 3 is 2.48 bits per heavy atom. The van der Waals surface area contributed by atoms with Crippen LogP contribution in [0.5, 0.6) is 0 Å². The van der Waals surface area contributed by atoms with E-state index in [0.717, 1.165) is 44.9 Å². The molecule has 2 saturated heterocycles. The van der Waals surface area contributed by atoms with E-state index in [1.54, 1.807) is 11.8 Å². The average Bonchev–Trinajstić information content (AvgIpc) is 2.78. The summed E-state index contributed by atoms with van der Waals surface area (Å²) in [6.07, 6.45) is 7.70. The molecule has 1 saturated carbocycles. The van der Waals surface area contributed by atoms with E-state index in [9.17, 15) is 14.4 Å². The Kier molecular flexibility index (Phi) is 5.64. The summed E-state index contributed by atoms with van der Waals surface area (Å²) in [6.45, 7) is 5.15. The molecule has 2 aliphatic heterocycles. The van der Waals surface area contributed by atoms with Crippen LogP contribution in [0, 0.1) is 0 Å². The summed E-state index contributed by atoms with van der Waals surface area (Å²) < 4.78 is 0. The van der Waals surface area contributed by atoms with Crippen molar-refractivity contribution in [3.8, 4) is 0 Å². The van der Waals surface area contributed by atoms with E-state index in [1.807, 2.05) is 16.7 Å². The summed E-state index contributed by atoms with van der Waals surface area (Å²) in [5, 5.41) is 0. The van der Waals surface area contributed by atoms with Gasteiger partial charge in [0.1, 0.15) is 0 Å². The summed E-state index contributed by atoms with van der Waals surface area (Å²) in [5.41, 5.74) is 0. The molecule has 6 nitrogen and oxygen atoms in total. The van der Waals surface area contributed by atoms with Crippen molar-refractivity contribution in [1.82, 2.24) is 14.7 Å². The minimum absolute atomic E-state index is 0.0423. The van der Waals surface area contributed by atoms with Crippen molar-refractivity contribution in [2.24, 2.45) is 0 Å². The van der Waals surface area contributed by atoms with E-state index in [-0.39, 0.29) is 42.4 Å². The van der Waals surface area contributed by atoms with Gasteiger partial charge in [-0.15, -0.1) is 0 Å². The fourth-order valence-corrected chi connectivity index (χ4v) is 4.91. The number of rotatable bonds is 2. The third-order valence-electron chi connectivity index (χ3n) is 6.07. The first-order valence-electron chi connectivity index (χ1n) is 9.85. The quantitative estimate of drug-likeness (QED) is 0.763. The molecule has 0 aromatic heterocycles. The van der Waals surface area contributed by atoms with Gasteiger partial charge in [-0.05, 0) is 32.6 Å². The number of piperazine rings is 1. The number of hydrogen-bond acceptors (Lipinski definition) is 3. The standard InChI is InChI=1S/C19H31N3O3/c1-14-12-21(16-8-5-6-9-17(16)22(14)15(2)23)19(25)13-20-11-7-3-4-10-18(20)24/h14,16-17H,3-13H2,1-2H3/t14-,16?,17?/m0/s1. The van der Waals surface area contributed by atoms with Crippen molar-refractivity contribution in [3.05, 3.63) is 0 Å². The largest absolute Gasteiger partial charge is 0.334 e. The highest BCUT2D eigenvalue weighted by Gasteiger charge is 2.44. The van der Waals surface area contributed by atoms with E-state index >= 15 is 0 Å². The number of carbonyl (C=O) groups excluding carboxylic acids is 3. The molecule has 0 aromatic carbocycles. The zero-order chi connectivity index (χ0) is 18.0. The molecule has 0 spiro atoms. The van der Waals surface area contributed by atoms with Crippen molar-refractivity contribution >= 4 is 17.7 Å². The van der Waals surface area contributed by atoms with Gasteiger partial charge in [0, 0.05) is 32.5 Å². The zero-order valence-corrected chi connectivity index (χ0v) is 15.6. The lowest BCUT2D eigenvalue weighted by atomic mass is 9.84. The van der Waals surface area contributed by atoms with Crippen LogP contribution in [0.3, 0.4) is 0 Å². The maximum Gasteiger partial charge on any atom is 0.242 e. The highest BCUT2D eigenvalue weighted by Crippen LogP contribution is 2.33. The Bertz CT molecular complexity index is 536. The van der Waals surface area contributed by atoms with E-state index in [4.69, 9.17) is 0 Å². The van der Waals surface area contributed by atoms with Gasteiger partial charge in [0.2, 0.25) is 17.7 Å². The van der Waals surface area contributed by atoms with Crippen LogP contribution in [-0.2, 0) is 14.4 Å². The van der Waals surface area contributed by atoms with Gasteiger partial charge < -0.3 is 14.7 Å². The number of nitrogens with zero attached hydrogens (tertiary/aromatic N) is 3. The molecule has 0 bridgehead atoms. The van der Waals surface area contributed by atoms with Crippen molar-refractivity contribution in [3.63, 3.8) is 0 Å². The molecule has 140 valence electrons. The second-order valence-electron chi connectivity index (χ2n) is 7.87. The summed E-state index contributed by atoms with van der Waals surface area (Å²) >= 11 is 0. The van der Waals surface area contributed by atoms with E-state index in [2.05, 4.69) is 0 Å². The van der Waals surface area contributed by atoms with Gasteiger partial charge >= 0.3 is 0 Å². The highest BCUT2D eigenvalue weighted by atomic mass is 16.2. The predicted molar refractivity (Wildman–Crippen MR) is 94.8 cm³/mol. The van der Waals surface area contributed by atoms with Gasteiger partial charge in [-0.3, -0.25) is 14.4 Å². The zero-order valence-electron chi connectivity index (χ0n) is 15.6. The monoisotopic (exact) mass is 349 g/mol. The van der Waals surface area contributed by atoms with Crippen LogP contribution in [0.25, 0.3) is 0 Å². The Balaban J connectivity index is 1.73. The van der Waals surface area contributed by atoms with Gasteiger partial charge in [-0.1, -0.05) is 19.3 Å². The minimum atomic E-state index is 0.0423. The fraction of sp³-hybridized carbons (Fsp3) is 0.842. The van der Waals surface area contributed by atoms with E-state index in [1.165, 1.54) is 0 Å². The summed E-state index contributed by atoms with van der Waals surface area (Å²) in [4.78, 5) is 43.1.